The van der Waals surface area contributed by atoms with Crippen molar-refractivity contribution in [3.63, 3.8) is 0 Å². The maximum absolute atomic E-state index is 11.9. The number of nitrogens with zero attached hydrogens (tertiary/aromatic N) is 1. The fourth-order valence-electron chi connectivity index (χ4n) is 1.34. The fraction of sp³-hybridized carbons (Fsp3) is 0.545. The third kappa shape index (κ3) is 6.73. The zero-order valence-corrected chi connectivity index (χ0v) is 11.3. The van der Waals surface area contributed by atoms with Gasteiger partial charge in [0.15, 0.2) is 0 Å². The van der Waals surface area contributed by atoms with E-state index in [0.29, 0.717) is 5.69 Å². The first-order valence-corrected chi connectivity index (χ1v) is 6.70. The van der Waals surface area contributed by atoms with Crippen LogP contribution in [-0.2, 0) is 4.74 Å². The minimum absolute atomic E-state index is 0.0192. The molecule has 0 unspecified atom stereocenters. The number of thiophene rings is 1. The highest BCUT2D eigenvalue weighted by atomic mass is 32.1. The number of anilines is 1. The normalized spacial score (nSPS) is 11.4. The molecule has 0 bridgehead atoms. The Morgan fingerprint density at radius 2 is 2.20 bits per heavy atom. The standard InChI is InChI=1S/C11H15F3N2O3S/c12-11(13,14)8-19-5-3-16(2-4-17)10(18)15-9-1-6-20-7-9/h1,6-7,17H,2-5,8H2,(H,15,18). The van der Waals surface area contributed by atoms with Crippen LogP contribution in [0.15, 0.2) is 16.8 Å². The van der Waals surface area contributed by atoms with Crippen LogP contribution in [0.5, 0.6) is 0 Å². The van der Waals surface area contributed by atoms with E-state index < -0.39 is 18.8 Å². The lowest BCUT2D eigenvalue weighted by atomic mass is 10.5. The number of aliphatic hydroxyl groups is 1. The largest absolute Gasteiger partial charge is 0.411 e. The van der Waals surface area contributed by atoms with Crippen LogP contribution in [-0.4, -0.2) is 55.1 Å². The van der Waals surface area contributed by atoms with Crippen molar-refractivity contribution >= 4 is 23.1 Å². The molecule has 20 heavy (non-hydrogen) atoms. The number of hydrogen-bond acceptors (Lipinski definition) is 4. The Balaban J connectivity index is 2.37. The molecule has 0 aliphatic carbocycles. The molecule has 1 heterocycles. The van der Waals surface area contributed by atoms with E-state index in [0.717, 1.165) is 0 Å². The molecule has 0 aliphatic rings. The Morgan fingerprint density at radius 1 is 1.45 bits per heavy atom. The SMILES string of the molecule is O=C(Nc1ccsc1)N(CCO)CCOCC(F)(F)F. The molecule has 0 atom stereocenters. The number of alkyl halides is 3. The summed E-state index contributed by atoms with van der Waals surface area (Å²) in [6, 6.07) is 1.20. The summed E-state index contributed by atoms with van der Waals surface area (Å²) in [5.74, 6) is 0. The number of nitrogens with one attached hydrogen (secondary N) is 1. The highest BCUT2D eigenvalue weighted by Gasteiger charge is 2.27. The number of ether oxygens (including phenoxy) is 1. The van der Waals surface area contributed by atoms with Crippen LogP contribution < -0.4 is 5.32 Å². The van der Waals surface area contributed by atoms with Crippen LogP contribution in [0, 0.1) is 0 Å². The average molecular weight is 312 g/mol. The summed E-state index contributed by atoms with van der Waals surface area (Å²) in [6.07, 6.45) is -4.39. The predicted octanol–water partition coefficient (Wildman–Crippen LogP) is 2.15. The summed E-state index contributed by atoms with van der Waals surface area (Å²) in [5, 5.41) is 14.9. The molecular weight excluding hydrogens is 297 g/mol. The van der Waals surface area contributed by atoms with Crippen LogP contribution in [0.2, 0.25) is 0 Å². The summed E-state index contributed by atoms with van der Waals surface area (Å²) in [5.41, 5.74) is 0.596. The lowest BCUT2D eigenvalue weighted by Crippen LogP contribution is -2.39. The van der Waals surface area contributed by atoms with Gasteiger partial charge in [0.25, 0.3) is 0 Å². The quantitative estimate of drug-likeness (QED) is 0.758. The van der Waals surface area contributed by atoms with Gasteiger partial charge in [0.2, 0.25) is 0 Å². The van der Waals surface area contributed by atoms with Crippen LogP contribution >= 0.6 is 11.3 Å². The zero-order chi connectivity index (χ0) is 15.0. The van der Waals surface area contributed by atoms with Crippen molar-refractivity contribution < 1.29 is 27.8 Å². The maximum Gasteiger partial charge on any atom is 0.411 e. The Kier molecular flexibility index (Phi) is 6.76. The first-order chi connectivity index (χ1) is 9.42. The summed E-state index contributed by atoms with van der Waals surface area (Å²) in [4.78, 5) is 13.0. The molecule has 5 nitrogen and oxygen atoms in total. The van der Waals surface area contributed by atoms with E-state index >= 15 is 0 Å². The first-order valence-electron chi connectivity index (χ1n) is 5.76. The Hall–Kier alpha value is -1.32. The van der Waals surface area contributed by atoms with Gasteiger partial charge in [-0.05, 0) is 11.4 Å². The Bertz CT molecular complexity index is 398. The number of aliphatic hydroxyl groups excluding tert-OH is 1. The van der Waals surface area contributed by atoms with Gasteiger partial charge >= 0.3 is 12.2 Å². The molecule has 0 aliphatic heterocycles. The average Bonchev–Trinajstić information content (AvgIpc) is 2.84. The molecule has 2 N–H and O–H groups in total. The van der Waals surface area contributed by atoms with E-state index in [1.54, 1.807) is 16.8 Å². The summed E-state index contributed by atoms with van der Waals surface area (Å²) in [7, 11) is 0. The van der Waals surface area contributed by atoms with Gasteiger partial charge in [-0.1, -0.05) is 0 Å². The molecule has 2 amide bonds. The van der Waals surface area contributed by atoms with Gasteiger partial charge in [0.05, 0.1) is 18.9 Å². The summed E-state index contributed by atoms with van der Waals surface area (Å²) < 4.78 is 40.1. The number of urea groups is 1. The minimum atomic E-state index is -4.39. The van der Waals surface area contributed by atoms with Crippen LogP contribution in [0.25, 0.3) is 0 Å². The van der Waals surface area contributed by atoms with Gasteiger partial charge in [0.1, 0.15) is 6.61 Å². The van der Waals surface area contributed by atoms with Crippen molar-refractivity contribution in [3.05, 3.63) is 16.8 Å². The van der Waals surface area contributed by atoms with Gasteiger partial charge in [-0.15, -0.1) is 0 Å². The Labute approximate surface area is 118 Å². The third-order valence-electron chi connectivity index (χ3n) is 2.20. The first kappa shape index (κ1) is 16.7. The molecule has 0 spiro atoms. The molecule has 0 radical (unpaired) electrons. The van der Waals surface area contributed by atoms with Crippen LogP contribution in [0.4, 0.5) is 23.7 Å². The van der Waals surface area contributed by atoms with Crippen molar-refractivity contribution in [2.75, 3.05) is 38.2 Å². The van der Waals surface area contributed by atoms with Crippen molar-refractivity contribution in [3.8, 4) is 0 Å². The van der Waals surface area contributed by atoms with Gasteiger partial charge in [-0.25, -0.2) is 4.79 Å². The smallest absolute Gasteiger partial charge is 0.395 e. The molecule has 1 aromatic rings. The zero-order valence-electron chi connectivity index (χ0n) is 10.5. The second-order valence-corrected chi connectivity index (χ2v) is 4.60. The highest BCUT2D eigenvalue weighted by Crippen LogP contribution is 2.14. The van der Waals surface area contributed by atoms with E-state index in [4.69, 9.17) is 5.11 Å². The number of carbonyl (C=O) groups excluding carboxylic acids is 1. The number of halogens is 3. The van der Waals surface area contributed by atoms with E-state index in [-0.39, 0.29) is 26.3 Å². The van der Waals surface area contributed by atoms with E-state index in [2.05, 4.69) is 10.1 Å². The van der Waals surface area contributed by atoms with Crippen LogP contribution in [0.1, 0.15) is 0 Å². The molecule has 0 saturated heterocycles. The summed E-state index contributed by atoms with van der Waals surface area (Å²) >= 11 is 1.40. The van der Waals surface area contributed by atoms with Crippen LogP contribution in [0.3, 0.4) is 0 Å². The lowest BCUT2D eigenvalue weighted by Gasteiger charge is -2.22. The second-order valence-electron chi connectivity index (χ2n) is 3.82. The predicted molar refractivity (Wildman–Crippen MR) is 68.9 cm³/mol. The third-order valence-corrected chi connectivity index (χ3v) is 2.88. The molecule has 9 heteroatoms. The topological polar surface area (TPSA) is 61.8 Å². The van der Waals surface area contributed by atoms with Crippen molar-refractivity contribution in [1.82, 2.24) is 4.90 Å². The fourth-order valence-corrected chi connectivity index (χ4v) is 1.92. The number of rotatable bonds is 7. The van der Waals surface area contributed by atoms with Crippen molar-refractivity contribution in [2.45, 2.75) is 6.18 Å². The molecule has 0 saturated carbocycles. The molecule has 1 rings (SSSR count). The maximum atomic E-state index is 11.9. The van der Waals surface area contributed by atoms with E-state index in [1.165, 1.54) is 16.2 Å². The van der Waals surface area contributed by atoms with Gasteiger partial charge in [-0.3, -0.25) is 0 Å². The van der Waals surface area contributed by atoms with Gasteiger partial charge in [0, 0.05) is 18.5 Å². The Morgan fingerprint density at radius 3 is 2.75 bits per heavy atom. The summed E-state index contributed by atoms with van der Waals surface area (Å²) in [6.45, 7) is -1.91. The molecular formula is C11H15F3N2O3S. The second kappa shape index (κ2) is 8.08. The van der Waals surface area contributed by atoms with Gasteiger partial charge < -0.3 is 20.1 Å². The molecule has 1 aromatic heterocycles. The molecule has 0 aromatic carbocycles. The minimum Gasteiger partial charge on any atom is -0.395 e. The number of carbonyl (C=O) groups is 1. The molecule has 114 valence electrons. The lowest BCUT2D eigenvalue weighted by molar-refractivity contribution is -0.174. The van der Waals surface area contributed by atoms with E-state index in [1.807, 2.05) is 0 Å². The van der Waals surface area contributed by atoms with Gasteiger partial charge in [-0.2, -0.15) is 24.5 Å². The highest BCUT2D eigenvalue weighted by molar-refractivity contribution is 7.08. The monoisotopic (exact) mass is 312 g/mol. The number of amides is 2. The van der Waals surface area contributed by atoms with Crippen molar-refractivity contribution in [2.24, 2.45) is 0 Å². The molecule has 0 fully saturated rings. The van der Waals surface area contributed by atoms with E-state index in [9.17, 15) is 18.0 Å². The number of hydrogen-bond donors (Lipinski definition) is 2. The van der Waals surface area contributed by atoms with Crippen molar-refractivity contribution in [1.29, 1.82) is 0 Å².